The maximum absolute atomic E-state index is 13.5. The van der Waals surface area contributed by atoms with E-state index in [0.717, 1.165) is 36.9 Å². The van der Waals surface area contributed by atoms with Crippen LogP contribution in [0.3, 0.4) is 0 Å². The standard InChI is InChI=1S/C23H28FN3O2/c24-20-10-4-9-19(15-20)23(29)27(13-5-12-25)16-17-6-3-11-21(14-17)26-22(28)18-7-1-2-8-18/h3-4,6,9-11,14-15,18H,1-2,5,7-8,12-13,16,25H2,(H,26,28). The van der Waals surface area contributed by atoms with Crippen LogP contribution in [0.2, 0.25) is 0 Å². The number of hydrogen-bond donors (Lipinski definition) is 2. The largest absolute Gasteiger partial charge is 0.334 e. The Kier molecular flexibility index (Phi) is 7.36. The molecule has 1 saturated carbocycles. The van der Waals surface area contributed by atoms with Crippen LogP contribution in [0.5, 0.6) is 0 Å². The average molecular weight is 397 g/mol. The first-order valence-electron chi connectivity index (χ1n) is 10.2. The highest BCUT2D eigenvalue weighted by Crippen LogP contribution is 2.26. The molecule has 2 amide bonds. The molecule has 0 spiro atoms. The number of nitrogens with two attached hydrogens (primary N) is 1. The predicted octanol–water partition coefficient (Wildman–Crippen LogP) is 3.95. The van der Waals surface area contributed by atoms with Gasteiger partial charge in [0.15, 0.2) is 0 Å². The Balaban J connectivity index is 1.71. The van der Waals surface area contributed by atoms with Crippen molar-refractivity contribution in [2.24, 2.45) is 11.7 Å². The van der Waals surface area contributed by atoms with E-state index in [9.17, 15) is 14.0 Å². The summed E-state index contributed by atoms with van der Waals surface area (Å²) in [5.74, 6) is -0.519. The zero-order valence-corrected chi connectivity index (χ0v) is 16.6. The fourth-order valence-corrected chi connectivity index (χ4v) is 3.74. The number of amides is 2. The number of carbonyl (C=O) groups excluding carboxylic acids is 2. The lowest BCUT2D eigenvalue weighted by Gasteiger charge is -2.23. The molecule has 0 aliphatic heterocycles. The van der Waals surface area contributed by atoms with Crippen LogP contribution >= 0.6 is 0 Å². The highest BCUT2D eigenvalue weighted by Gasteiger charge is 2.23. The van der Waals surface area contributed by atoms with E-state index in [-0.39, 0.29) is 17.7 Å². The molecule has 0 unspecified atom stereocenters. The molecule has 5 nitrogen and oxygen atoms in total. The molecule has 29 heavy (non-hydrogen) atoms. The molecular formula is C23H28FN3O2. The van der Waals surface area contributed by atoms with Gasteiger partial charge >= 0.3 is 0 Å². The Morgan fingerprint density at radius 2 is 1.86 bits per heavy atom. The number of hydrogen-bond acceptors (Lipinski definition) is 3. The third-order valence-corrected chi connectivity index (χ3v) is 5.28. The van der Waals surface area contributed by atoms with Gasteiger partial charge in [-0.1, -0.05) is 31.0 Å². The maximum atomic E-state index is 13.5. The molecule has 2 aromatic rings. The maximum Gasteiger partial charge on any atom is 0.254 e. The summed E-state index contributed by atoms with van der Waals surface area (Å²) in [6, 6.07) is 13.2. The van der Waals surface area contributed by atoms with Crippen LogP contribution in [-0.2, 0) is 11.3 Å². The number of rotatable bonds is 8. The summed E-state index contributed by atoms with van der Waals surface area (Å²) in [5, 5.41) is 3.00. The summed E-state index contributed by atoms with van der Waals surface area (Å²) in [5.41, 5.74) is 7.57. The van der Waals surface area contributed by atoms with E-state index in [1.165, 1.54) is 18.2 Å². The molecule has 1 aliphatic rings. The Labute approximate surface area is 171 Å². The molecule has 0 heterocycles. The van der Waals surface area contributed by atoms with Gasteiger partial charge in [-0.25, -0.2) is 4.39 Å². The van der Waals surface area contributed by atoms with Gasteiger partial charge in [0.2, 0.25) is 5.91 Å². The fourth-order valence-electron chi connectivity index (χ4n) is 3.74. The smallest absolute Gasteiger partial charge is 0.254 e. The highest BCUT2D eigenvalue weighted by molar-refractivity contribution is 5.94. The summed E-state index contributed by atoms with van der Waals surface area (Å²) in [7, 11) is 0. The quantitative estimate of drug-likeness (QED) is 0.708. The van der Waals surface area contributed by atoms with Crippen LogP contribution in [0.1, 0.15) is 48.0 Å². The van der Waals surface area contributed by atoms with Gasteiger partial charge in [-0.15, -0.1) is 0 Å². The first-order valence-corrected chi connectivity index (χ1v) is 10.2. The predicted molar refractivity (Wildman–Crippen MR) is 112 cm³/mol. The van der Waals surface area contributed by atoms with Crippen molar-refractivity contribution in [3.63, 3.8) is 0 Å². The van der Waals surface area contributed by atoms with Crippen LogP contribution in [0.4, 0.5) is 10.1 Å². The van der Waals surface area contributed by atoms with Crippen LogP contribution in [0.25, 0.3) is 0 Å². The zero-order chi connectivity index (χ0) is 20.6. The number of nitrogens with zero attached hydrogens (tertiary/aromatic N) is 1. The number of carbonyl (C=O) groups is 2. The third-order valence-electron chi connectivity index (χ3n) is 5.28. The molecule has 0 saturated heterocycles. The van der Waals surface area contributed by atoms with Crippen LogP contribution in [0, 0.1) is 11.7 Å². The van der Waals surface area contributed by atoms with E-state index in [4.69, 9.17) is 5.73 Å². The minimum Gasteiger partial charge on any atom is -0.334 e. The Morgan fingerprint density at radius 3 is 2.59 bits per heavy atom. The third kappa shape index (κ3) is 5.87. The first kappa shape index (κ1) is 21.0. The SMILES string of the molecule is NCCCN(Cc1cccc(NC(=O)C2CCCC2)c1)C(=O)c1cccc(F)c1. The zero-order valence-electron chi connectivity index (χ0n) is 16.6. The van der Waals surface area contributed by atoms with Gasteiger partial charge in [0.25, 0.3) is 5.91 Å². The molecule has 0 atom stereocenters. The topological polar surface area (TPSA) is 75.4 Å². The summed E-state index contributed by atoms with van der Waals surface area (Å²) >= 11 is 0. The minimum atomic E-state index is -0.439. The minimum absolute atomic E-state index is 0.0653. The second-order valence-electron chi connectivity index (χ2n) is 7.55. The van der Waals surface area contributed by atoms with E-state index in [1.54, 1.807) is 11.0 Å². The van der Waals surface area contributed by atoms with Gasteiger partial charge in [-0.05, 0) is 61.7 Å². The molecule has 3 rings (SSSR count). The van der Waals surface area contributed by atoms with Gasteiger partial charge < -0.3 is 16.0 Å². The fraction of sp³-hybridized carbons (Fsp3) is 0.391. The van der Waals surface area contributed by atoms with Crippen molar-refractivity contribution < 1.29 is 14.0 Å². The molecule has 0 bridgehead atoms. The van der Waals surface area contributed by atoms with Crippen molar-refractivity contribution >= 4 is 17.5 Å². The van der Waals surface area contributed by atoms with Crippen molar-refractivity contribution in [2.45, 2.75) is 38.6 Å². The molecule has 6 heteroatoms. The van der Waals surface area contributed by atoms with Gasteiger partial charge in [-0.3, -0.25) is 9.59 Å². The number of benzene rings is 2. The van der Waals surface area contributed by atoms with Crippen molar-refractivity contribution in [2.75, 3.05) is 18.4 Å². The molecular weight excluding hydrogens is 369 g/mol. The van der Waals surface area contributed by atoms with Crippen LogP contribution < -0.4 is 11.1 Å². The lowest BCUT2D eigenvalue weighted by molar-refractivity contribution is -0.119. The van der Waals surface area contributed by atoms with Crippen molar-refractivity contribution in [3.8, 4) is 0 Å². The van der Waals surface area contributed by atoms with Crippen molar-refractivity contribution in [3.05, 3.63) is 65.5 Å². The Morgan fingerprint density at radius 1 is 1.10 bits per heavy atom. The van der Waals surface area contributed by atoms with Crippen LogP contribution in [-0.4, -0.2) is 29.8 Å². The van der Waals surface area contributed by atoms with Crippen molar-refractivity contribution in [1.29, 1.82) is 0 Å². The van der Waals surface area contributed by atoms with E-state index >= 15 is 0 Å². The van der Waals surface area contributed by atoms with Gasteiger partial charge in [0.1, 0.15) is 5.82 Å². The summed E-state index contributed by atoms with van der Waals surface area (Å²) in [6.07, 6.45) is 4.76. The number of anilines is 1. The molecule has 2 aromatic carbocycles. The highest BCUT2D eigenvalue weighted by atomic mass is 19.1. The van der Waals surface area contributed by atoms with E-state index in [0.29, 0.717) is 31.6 Å². The monoisotopic (exact) mass is 397 g/mol. The Hall–Kier alpha value is -2.73. The van der Waals surface area contributed by atoms with E-state index in [1.807, 2.05) is 24.3 Å². The second kappa shape index (κ2) is 10.2. The molecule has 0 radical (unpaired) electrons. The van der Waals surface area contributed by atoms with E-state index in [2.05, 4.69) is 5.32 Å². The second-order valence-corrected chi connectivity index (χ2v) is 7.55. The summed E-state index contributed by atoms with van der Waals surface area (Å²) in [4.78, 5) is 26.9. The van der Waals surface area contributed by atoms with Crippen LogP contribution in [0.15, 0.2) is 48.5 Å². The summed E-state index contributed by atoms with van der Waals surface area (Å²) < 4.78 is 13.5. The lowest BCUT2D eigenvalue weighted by atomic mass is 10.1. The molecule has 3 N–H and O–H groups in total. The average Bonchev–Trinajstić information content (AvgIpc) is 3.26. The molecule has 154 valence electrons. The molecule has 1 fully saturated rings. The van der Waals surface area contributed by atoms with E-state index < -0.39 is 5.82 Å². The molecule has 0 aromatic heterocycles. The van der Waals surface area contributed by atoms with Crippen molar-refractivity contribution in [1.82, 2.24) is 4.90 Å². The van der Waals surface area contributed by atoms with Gasteiger partial charge in [0.05, 0.1) is 0 Å². The number of halogens is 1. The van der Waals surface area contributed by atoms with Gasteiger partial charge in [0, 0.05) is 30.3 Å². The normalized spacial score (nSPS) is 14.0. The lowest BCUT2D eigenvalue weighted by Crippen LogP contribution is -2.32. The summed E-state index contributed by atoms with van der Waals surface area (Å²) in [6.45, 7) is 1.30. The number of nitrogens with one attached hydrogen (secondary N) is 1. The van der Waals surface area contributed by atoms with Gasteiger partial charge in [-0.2, -0.15) is 0 Å². The molecule has 1 aliphatic carbocycles. The Bertz CT molecular complexity index is 850. The first-order chi connectivity index (χ1) is 14.1.